The lowest BCUT2D eigenvalue weighted by molar-refractivity contribution is -0.116. The number of nitrogens with one attached hydrogen (secondary N) is 1. The van der Waals surface area contributed by atoms with Crippen molar-refractivity contribution in [3.8, 4) is 11.5 Å². The molecule has 1 N–H and O–H groups in total. The van der Waals surface area contributed by atoms with Crippen LogP contribution in [0.2, 0.25) is 0 Å². The average molecular weight is 435 g/mol. The zero-order chi connectivity index (χ0) is 21.0. The Bertz CT molecular complexity index is 1060. The summed E-state index contributed by atoms with van der Waals surface area (Å²) in [5.41, 5.74) is 4.54. The molecule has 0 fully saturated rings. The number of rotatable bonds is 5. The summed E-state index contributed by atoms with van der Waals surface area (Å²) in [6.07, 6.45) is 3.08. The maximum Gasteiger partial charge on any atom is 0.224 e. The molecule has 0 saturated heterocycles. The molecule has 0 aliphatic carbocycles. The smallest absolute Gasteiger partial charge is 0.224 e. The first-order chi connectivity index (χ1) is 15.2. The highest BCUT2D eigenvalue weighted by Gasteiger charge is 2.17. The fraction of sp³-hybridized carbons (Fsp3) is 0.320. The third kappa shape index (κ3) is 4.69. The standard InChI is InChI=1S/C25H26N2O3S/c28-25(9-3-18-2-8-22-23(16-18)30-14-1-13-29-22)26-20-4-6-21(7-5-20)27-12-10-24-19(17-27)11-15-31-24/h2,4-8,11,15-16H,1,3,9-10,12-14,17H2,(H,26,28). The first kappa shape index (κ1) is 19.9. The highest BCUT2D eigenvalue weighted by molar-refractivity contribution is 7.10. The second kappa shape index (κ2) is 9.02. The predicted molar refractivity (Wildman–Crippen MR) is 125 cm³/mol. The number of carbonyl (C=O) groups is 1. The van der Waals surface area contributed by atoms with Crippen molar-refractivity contribution in [2.75, 3.05) is 30.0 Å². The normalized spacial score (nSPS) is 15.2. The zero-order valence-electron chi connectivity index (χ0n) is 17.4. The van der Waals surface area contributed by atoms with Gasteiger partial charge in [0.15, 0.2) is 11.5 Å². The minimum Gasteiger partial charge on any atom is -0.490 e. The number of carbonyl (C=O) groups excluding carboxylic acids is 1. The Balaban J connectivity index is 1.14. The third-order valence-electron chi connectivity index (χ3n) is 5.78. The van der Waals surface area contributed by atoms with Crippen LogP contribution in [0.1, 0.15) is 28.8 Å². The summed E-state index contributed by atoms with van der Waals surface area (Å²) in [6, 6.07) is 16.3. The molecule has 3 heterocycles. The number of anilines is 2. The predicted octanol–water partition coefficient (Wildman–Crippen LogP) is 5.04. The summed E-state index contributed by atoms with van der Waals surface area (Å²) in [7, 11) is 0. The van der Waals surface area contributed by atoms with Gasteiger partial charge in [-0.05, 0) is 71.8 Å². The number of fused-ring (bicyclic) bond motifs is 2. The van der Waals surface area contributed by atoms with E-state index >= 15 is 0 Å². The van der Waals surface area contributed by atoms with E-state index in [1.54, 1.807) is 0 Å². The van der Waals surface area contributed by atoms with Gasteiger partial charge in [-0.25, -0.2) is 0 Å². The van der Waals surface area contributed by atoms with Crippen molar-refractivity contribution in [1.82, 2.24) is 0 Å². The first-order valence-corrected chi connectivity index (χ1v) is 11.7. The molecule has 160 valence electrons. The van der Waals surface area contributed by atoms with Gasteiger partial charge in [0.2, 0.25) is 5.91 Å². The zero-order valence-corrected chi connectivity index (χ0v) is 18.2. The molecule has 2 aliphatic rings. The Morgan fingerprint density at radius 2 is 1.87 bits per heavy atom. The Labute approximate surface area is 186 Å². The van der Waals surface area contributed by atoms with Crippen molar-refractivity contribution >= 4 is 28.6 Å². The molecule has 0 unspecified atom stereocenters. The van der Waals surface area contributed by atoms with E-state index in [4.69, 9.17) is 9.47 Å². The minimum atomic E-state index is 0.0146. The molecule has 0 saturated carbocycles. The molecule has 0 spiro atoms. The number of ether oxygens (including phenoxy) is 2. The highest BCUT2D eigenvalue weighted by atomic mass is 32.1. The van der Waals surface area contributed by atoms with Gasteiger partial charge in [-0.15, -0.1) is 11.3 Å². The SMILES string of the molecule is O=C(CCc1ccc2c(c1)OCCCO2)Nc1ccc(N2CCc3sccc3C2)cc1. The number of hydrogen-bond acceptors (Lipinski definition) is 5. The summed E-state index contributed by atoms with van der Waals surface area (Å²) in [5.74, 6) is 1.58. The molecule has 2 aliphatic heterocycles. The second-order valence-corrected chi connectivity index (χ2v) is 8.97. The lowest BCUT2D eigenvalue weighted by atomic mass is 10.1. The molecular weight excluding hydrogens is 408 g/mol. The van der Waals surface area contributed by atoms with Crippen LogP contribution in [0.5, 0.6) is 11.5 Å². The molecule has 6 heteroatoms. The topological polar surface area (TPSA) is 50.8 Å². The van der Waals surface area contributed by atoms with Crippen molar-refractivity contribution in [2.24, 2.45) is 0 Å². The van der Waals surface area contributed by atoms with Crippen molar-refractivity contribution in [1.29, 1.82) is 0 Å². The maximum atomic E-state index is 12.4. The molecule has 0 bridgehead atoms. The van der Waals surface area contributed by atoms with Gasteiger partial charge >= 0.3 is 0 Å². The number of hydrogen-bond donors (Lipinski definition) is 1. The van der Waals surface area contributed by atoms with E-state index in [1.165, 1.54) is 16.1 Å². The highest BCUT2D eigenvalue weighted by Crippen LogP contribution is 2.31. The van der Waals surface area contributed by atoms with Crippen LogP contribution in [0.3, 0.4) is 0 Å². The fourth-order valence-corrected chi connectivity index (χ4v) is 4.96. The fourth-order valence-electron chi connectivity index (χ4n) is 4.07. The van der Waals surface area contributed by atoms with Crippen molar-refractivity contribution in [2.45, 2.75) is 32.2 Å². The average Bonchev–Trinajstić information content (AvgIpc) is 3.14. The number of nitrogens with zero attached hydrogens (tertiary/aromatic N) is 1. The van der Waals surface area contributed by atoms with E-state index < -0.39 is 0 Å². The van der Waals surface area contributed by atoms with Crippen LogP contribution in [-0.2, 0) is 24.2 Å². The van der Waals surface area contributed by atoms with E-state index in [2.05, 4.69) is 33.8 Å². The van der Waals surface area contributed by atoms with E-state index in [-0.39, 0.29) is 5.91 Å². The summed E-state index contributed by atoms with van der Waals surface area (Å²) >= 11 is 1.86. The van der Waals surface area contributed by atoms with Gasteiger partial charge in [-0.2, -0.15) is 0 Å². The van der Waals surface area contributed by atoms with E-state index in [1.807, 2.05) is 41.7 Å². The van der Waals surface area contributed by atoms with E-state index in [9.17, 15) is 4.79 Å². The van der Waals surface area contributed by atoms with Crippen molar-refractivity contribution in [3.63, 3.8) is 0 Å². The van der Waals surface area contributed by atoms with Gasteiger partial charge in [0.25, 0.3) is 0 Å². The van der Waals surface area contributed by atoms with Crippen LogP contribution in [0.15, 0.2) is 53.9 Å². The van der Waals surface area contributed by atoms with Crippen LogP contribution < -0.4 is 19.7 Å². The molecular formula is C25H26N2O3S. The molecule has 5 rings (SSSR count). The Hall–Kier alpha value is -2.99. The molecule has 1 aromatic heterocycles. The van der Waals surface area contributed by atoms with Crippen molar-refractivity contribution < 1.29 is 14.3 Å². The third-order valence-corrected chi connectivity index (χ3v) is 6.80. The first-order valence-electron chi connectivity index (χ1n) is 10.8. The van der Waals surface area contributed by atoms with Gasteiger partial charge in [0.05, 0.1) is 13.2 Å². The van der Waals surface area contributed by atoms with Crippen LogP contribution >= 0.6 is 11.3 Å². The van der Waals surface area contributed by atoms with Crippen LogP contribution in [0.25, 0.3) is 0 Å². The lowest BCUT2D eigenvalue weighted by Crippen LogP contribution is -2.29. The Morgan fingerprint density at radius 3 is 2.74 bits per heavy atom. The summed E-state index contributed by atoms with van der Waals surface area (Å²) in [6.45, 7) is 3.34. The quantitative estimate of drug-likeness (QED) is 0.611. The Morgan fingerprint density at radius 1 is 1.03 bits per heavy atom. The summed E-state index contributed by atoms with van der Waals surface area (Å²) in [5, 5.41) is 5.19. The van der Waals surface area contributed by atoms with Gasteiger partial charge in [0, 0.05) is 42.2 Å². The molecule has 3 aromatic rings. The Kier molecular flexibility index (Phi) is 5.80. The number of aryl methyl sites for hydroxylation is 1. The molecule has 5 nitrogen and oxygen atoms in total. The molecule has 0 atom stereocenters. The summed E-state index contributed by atoms with van der Waals surface area (Å²) in [4.78, 5) is 16.3. The lowest BCUT2D eigenvalue weighted by Gasteiger charge is -2.29. The van der Waals surface area contributed by atoms with Crippen molar-refractivity contribution in [3.05, 3.63) is 69.9 Å². The maximum absolute atomic E-state index is 12.4. The van der Waals surface area contributed by atoms with Gasteiger partial charge in [-0.3, -0.25) is 4.79 Å². The molecule has 2 aromatic carbocycles. The van der Waals surface area contributed by atoms with E-state index in [0.717, 1.165) is 48.7 Å². The molecule has 31 heavy (non-hydrogen) atoms. The van der Waals surface area contributed by atoms with Crippen LogP contribution in [0, 0.1) is 0 Å². The van der Waals surface area contributed by atoms with Gasteiger partial charge in [0.1, 0.15) is 0 Å². The van der Waals surface area contributed by atoms with Crippen LogP contribution in [0.4, 0.5) is 11.4 Å². The number of amides is 1. The molecule has 0 radical (unpaired) electrons. The van der Waals surface area contributed by atoms with E-state index in [0.29, 0.717) is 26.1 Å². The second-order valence-electron chi connectivity index (χ2n) is 7.97. The number of benzene rings is 2. The van der Waals surface area contributed by atoms with Gasteiger partial charge < -0.3 is 19.7 Å². The van der Waals surface area contributed by atoms with Gasteiger partial charge in [-0.1, -0.05) is 6.07 Å². The number of thiophene rings is 1. The van der Waals surface area contributed by atoms with Crippen LogP contribution in [-0.4, -0.2) is 25.7 Å². The monoisotopic (exact) mass is 434 g/mol. The summed E-state index contributed by atoms with van der Waals surface area (Å²) < 4.78 is 11.4. The molecule has 1 amide bonds. The minimum absolute atomic E-state index is 0.0146. The largest absolute Gasteiger partial charge is 0.490 e.